The first-order chi connectivity index (χ1) is 9.07. The van der Waals surface area contributed by atoms with Crippen LogP contribution < -0.4 is 4.74 Å². The molecule has 19 heavy (non-hydrogen) atoms. The standard InChI is InChI=1S/C15H19FO3/c1-2-19-13-6-5-11(9-12(13)16)10-15(14(17)18)7-3-4-8-15/h5-6,9H,2-4,7-8,10H2,1H3,(H,17,18). The summed E-state index contributed by atoms with van der Waals surface area (Å²) in [6, 6.07) is 4.74. The van der Waals surface area contributed by atoms with Gasteiger partial charge in [0.05, 0.1) is 12.0 Å². The maximum atomic E-state index is 13.8. The predicted octanol–water partition coefficient (Wildman–Crippen LogP) is 3.41. The molecule has 2 rings (SSSR count). The summed E-state index contributed by atoms with van der Waals surface area (Å²) in [6.07, 6.45) is 3.62. The second-order valence-electron chi connectivity index (χ2n) is 5.17. The fraction of sp³-hybridized carbons (Fsp3) is 0.533. The molecule has 0 radical (unpaired) electrons. The highest BCUT2D eigenvalue weighted by Gasteiger charge is 2.41. The van der Waals surface area contributed by atoms with Crippen LogP contribution in [0, 0.1) is 11.2 Å². The van der Waals surface area contributed by atoms with Gasteiger partial charge in [-0.05, 0) is 43.9 Å². The SMILES string of the molecule is CCOc1ccc(CC2(C(=O)O)CCCC2)cc1F. The lowest BCUT2D eigenvalue weighted by Crippen LogP contribution is -2.30. The summed E-state index contributed by atoms with van der Waals surface area (Å²) in [6.45, 7) is 2.21. The lowest BCUT2D eigenvalue weighted by molar-refractivity contribution is -0.148. The number of carbonyl (C=O) groups is 1. The second-order valence-corrected chi connectivity index (χ2v) is 5.17. The third-order valence-electron chi connectivity index (χ3n) is 3.85. The van der Waals surface area contributed by atoms with Gasteiger partial charge >= 0.3 is 5.97 Å². The number of hydrogen-bond acceptors (Lipinski definition) is 2. The number of carboxylic acids is 1. The van der Waals surface area contributed by atoms with Crippen LogP contribution >= 0.6 is 0 Å². The van der Waals surface area contributed by atoms with Gasteiger partial charge in [-0.25, -0.2) is 4.39 Å². The van der Waals surface area contributed by atoms with E-state index >= 15 is 0 Å². The molecule has 104 valence electrons. The summed E-state index contributed by atoms with van der Waals surface area (Å²) in [5.41, 5.74) is 0.0183. The third-order valence-corrected chi connectivity index (χ3v) is 3.85. The van der Waals surface area contributed by atoms with E-state index in [1.807, 2.05) is 0 Å². The lowest BCUT2D eigenvalue weighted by atomic mass is 9.80. The maximum Gasteiger partial charge on any atom is 0.309 e. The summed E-state index contributed by atoms with van der Waals surface area (Å²) >= 11 is 0. The monoisotopic (exact) mass is 266 g/mol. The quantitative estimate of drug-likeness (QED) is 0.888. The Labute approximate surface area is 112 Å². The van der Waals surface area contributed by atoms with Gasteiger partial charge in [0.15, 0.2) is 11.6 Å². The highest BCUT2D eigenvalue weighted by Crippen LogP contribution is 2.41. The number of halogens is 1. The van der Waals surface area contributed by atoms with E-state index in [0.717, 1.165) is 18.4 Å². The van der Waals surface area contributed by atoms with Crippen molar-refractivity contribution in [1.82, 2.24) is 0 Å². The van der Waals surface area contributed by atoms with Gasteiger partial charge in [0, 0.05) is 0 Å². The second kappa shape index (κ2) is 5.59. The Balaban J connectivity index is 2.18. The van der Waals surface area contributed by atoms with Crippen LogP contribution in [0.15, 0.2) is 18.2 Å². The highest BCUT2D eigenvalue weighted by molar-refractivity contribution is 5.75. The van der Waals surface area contributed by atoms with Crippen LogP contribution in [0.4, 0.5) is 4.39 Å². The maximum absolute atomic E-state index is 13.8. The van der Waals surface area contributed by atoms with Crippen LogP contribution in [-0.4, -0.2) is 17.7 Å². The van der Waals surface area contributed by atoms with E-state index in [1.165, 1.54) is 6.07 Å². The molecule has 0 saturated heterocycles. The Morgan fingerprint density at radius 1 is 1.42 bits per heavy atom. The van der Waals surface area contributed by atoms with Crippen LogP contribution in [0.25, 0.3) is 0 Å². The molecule has 0 unspecified atom stereocenters. The van der Waals surface area contributed by atoms with Crippen molar-refractivity contribution in [1.29, 1.82) is 0 Å². The van der Waals surface area contributed by atoms with Crippen molar-refractivity contribution in [2.75, 3.05) is 6.61 Å². The van der Waals surface area contributed by atoms with Crippen LogP contribution in [0.1, 0.15) is 38.2 Å². The minimum atomic E-state index is -0.765. The fourth-order valence-corrected chi connectivity index (χ4v) is 2.84. The molecule has 0 bridgehead atoms. The smallest absolute Gasteiger partial charge is 0.309 e. The minimum absolute atomic E-state index is 0.224. The average Bonchev–Trinajstić information content (AvgIpc) is 2.83. The van der Waals surface area contributed by atoms with Gasteiger partial charge in [-0.2, -0.15) is 0 Å². The Morgan fingerprint density at radius 2 is 2.11 bits per heavy atom. The highest BCUT2D eigenvalue weighted by atomic mass is 19.1. The van der Waals surface area contributed by atoms with Crippen LogP contribution in [-0.2, 0) is 11.2 Å². The van der Waals surface area contributed by atoms with Crippen molar-refractivity contribution in [2.45, 2.75) is 39.0 Å². The number of ether oxygens (including phenoxy) is 1. The van der Waals surface area contributed by atoms with Gasteiger partial charge < -0.3 is 9.84 Å². The molecule has 0 aliphatic heterocycles. The Hall–Kier alpha value is -1.58. The van der Waals surface area contributed by atoms with Gasteiger partial charge in [0.25, 0.3) is 0 Å². The number of carboxylic acid groups (broad SMARTS) is 1. The molecule has 1 aromatic carbocycles. The van der Waals surface area contributed by atoms with Gasteiger partial charge in [0.1, 0.15) is 0 Å². The molecule has 1 N–H and O–H groups in total. The van der Waals surface area contributed by atoms with E-state index in [9.17, 15) is 14.3 Å². The van der Waals surface area contributed by atoms with Crippen molar-refractivity contribution in [3.63, 3.8) is 0 Å². The van der Waals surface area contributed by atoms with Gasteiger partial charge in [0.2, 0.25) is 0 Å². The van der Waals surface area contributed by atoms with Gasteiger partial charge in [-0.3, -0.25) is 4.79 Å². The van der Waals surface area contributed by atoms with Crippen molar-refractivity contribution in [3.05, 3.63) is 29.6 Å². The molecule has 1 aliphatic carbocycles. The van der Waals surface area contributed by atoms with E-state index in [0.29, 0.717) is 25.9 Å². The van der Waals surface area contributed by atoms with E-state index < -0.39 is 17.2 Å². The molecule has 1 fully saturated rings. The van der Waals surface area contributed by atoms with Crippen molar-refractivity contribution < 1.29 is 19.0 Å². The van der Waals surface area contributed by atoms with E-state index in [-0.39, 0.29) is 5.75 Å². The van der Waals surface area contributed by atoms with E-state index in [4.69, 9.17) is 4.74 Å². The molecule has 0 atom stereocenters. The normalized spacial score (nSPS) is 17.4. The summed E-state index contributed by atoms with van der Waals surface area (Å²) in [7, 11) is 0. The number of rotatable bonds is 5. The molecule has 4 heteroatoms. The minimum Gasteiger partial charge on any atom is -0.491 e. The van der Waals surface area contributed by atoms with Crippen molar-refractivity contribution in [3.8, 4) is 5.75 Å². The molecule has 1 aromatic rings. The molecular formula is C15H19FO3. The zero-order valence-corrected chi connectivity index (χ0v) is 11.1. The molecule has 1 saturated carbocycles. The van der Waals surface area contributed by atoms with E-state index in [1.54, 1.807) is 19.1 Å². The largest absolute Gasteiger partial charge is 0.491 e. The topological polar surface area (TPSA) is 46.5 Å². The van der Waals surface area contributed by atoms with Gasteiger partial charge in [-0.1, -0.05) is 18.9 Å². The first-order valence-corrected chi connectivity index (χ1v) is 6.72. The number of benzene rings is 1. The number of aliphatic carboxylic acids is 1. The van der Waals surface area contributed by atoms with Crippen molar-refractivity contribution in [2.24, 2.45) is 5.41 Å². The van der Waals surface area contributed by atoms with Crippen molar-refractivity contribution >= 4 is 5.97 Å². The lowest BCUT2D eigenvalue weighted by Gasteiger charge is -2.23. The van der Waals surface area contributed by atoms with Crippen LogP contribution in [0.2, 0.25) is 0 Å². The Bertz CT molecular complexity index is 464. The zero-order chi connectivity index (χ0) is 13.9. The van der Waals surface area contributed by atoms with Crippen LogP contribution in [0.3, 0.4) is 0 Å². The first-order valence-electron chi connectivity index (χ1n) is 6.72. The summed E-state index contributed by atoms with van der Waals surface area (Å²) in [4.78, 5) is 11.5. The summed E-state index contributed by atoms with van der Waals surface area (Å²) in [5, 5.41) is 9.41. The molecule has 1 aliphatic rings. The first kappa shape index (κ1) is 13.8. The summed E-state index contributed by atoms with van der Waals surface area (Å²) < 4.78 is 18.9. The molecule has 3 nitrogen and oxygen atoms in total. The Kier molecular flexibility index (Phi) is 4.08. The number of hydrogen-bond donors (Lipinski definition) is 1. The molecular weight excluding hydrogens is 247 g/mol. The summed E-state index contributed by atoms with van der Waals surface area (Å²) in [5.74, 6) is -0.959. The zero-order valence-electron chi connectivity index (χ0n) is 11.1. The molecule has 0 amide bonds. The predicted molar refractivity (Wildman–Crippen MR) is 69.8 cm³/mol. The van der Waals surface area contributed by atoms with Gasteiger partial charge in [-0.15, -0.1) is 0 Å². The van der Waals surface area contributed by atoms with E-state index in [2.05, 4.69) is 0 Å². The van der Waals surface area contributed by atoms with Crippen LogP contribution in [0.5, 0.6) is 5.75 Å². The molecule has 0 spiro atoms. The fourth-order valence-electron chi connectivity index (χ4n) is 2.84. The molecule has 0 heterocycles. The average molecular weight is 266 g/mol. The Morgan fingerprint density at radius 3 is 2.63 bits per heavy atom. The molecule has 0 aromatic heterocycles. The third kappa shape index (κ3) is 2.88.